The molecule has 0 heterocycles. The van der Waals surface area contributed by atoms with Gasteiger partial charge in [0, 0.05) is 9.50 Å². The summed E-state index contributed by atoms with van der Waals surface area (Å²) in [6, 6.07) is 12.3. The number of halogens is 2. The highest BCUT2D eigenvalue weighted by Gasteiger charge is 2.05. The molecule has 2 amide bonds. The van der Waals surface area contributed by atoms with Crippen molar-refractivity contribution in [3.8, 4) is 5.75 Å². The van der Waals surface area contributed by atoms with Gasteiger partial charge in [-0.25, -0.2) is 4.79 Å². The van der Waals surface area contributed by atoms with E-state index < -0.39 is 0 Å². The molecule has 0 atom stereocenters. The number of aryl methyl sites for hydroxylation is 1. The summed E-state index contributed by atoms with van der Waals surface area (Å²) in [5, 5.41) is 5.98. The molecule has 110 valence electrons. The third kappa shape index (κ3) is 4.95. The van der Waals surface area contributed by atoms with Crippen molar-refractivity contribution in [2.24, 2.45) is 0 Å². The normalized spacial score (nSPS) is 10.0. The Kier molecular flexibility index (Phi) is 5.47. The van der Waals surface area contributed by atoms with E-state index in [1.165, 1.54) is 0 Å². The zero-order chi connectivity index (χ0) is 15.2. The Bertz CT molecular complexity index is 632. The minimum Gasteiger partial charge on any atom is -0.473 e. The average Bonchev–Trinajstić information content (AvgIpc) is 2.44. The average molecular weight is 370 g/mol. The molecule has 2 rings (SSSR count). The number of nitrogens with one attached hydrogen (secondary N) is 2. The molecule has 2 N–H and O–H groups in total. The fourth-order valence-corrected chi connectivity index (χ4v) is 2.32. The van der Waals surface area contributed by atoms with Gasteiger partial charge in [0.1, 0.15) is 5.75 Å². The number of benzene rings is 2. The highest BCUT2D eigenvalue weighted by molar-refractivity contribution is 9.10. The predicted molar refractivity (Wildman–Crippen MR) is 88.0 cm³/mol. The van der Waals surface area contributed by atoms with Crippen molar-refractivity contribution in [2.75, 3.05) is 12.0 Å². The Hall–Kier alpha value is -1.72. The summed E-state index contributed by atoms with van der Waals surface area (Å²) in [6.45, 7) is 2.05. The van der Waals surface area contributed by atoms with E-state index in [9.17, 15) is 4.79 Å². The number of anilines is 1. The molecule has 2 aromatic carbocycles. The maximum Gasteiger partial charge on any atom is 0.321 e. The van der Waals surface area contributed by atoms with E-state index in [-0.39, 0.29) is 12.8 Å². The van der Waals surface area contributed by atoms with Crippen molar-refractivity contribution in [3.05, 3.63) is 57.5 Å². The molecule has 6 heteroatoms. The van der Waals surface area contributed by atoms with Crippen molar-refractivity contribution in [1.82, 2.24) is 5.32 Å². The molecular formula is C15H14BrClN2O2. The van der Waals surface area contributed by atoms with Crippen molar-refractivity contribution in [3.63, 3.8) is 0 Å². The second-order valence-corrected chi connectivity index (χ2v) is 5.65. The van der Waals surface area contributed by atoms with Gasteiger partial charge in [0.15, 0.2) is 6.73 Å². The zero-order valence-electron chi connectivity index (χ0n) is 11.3. The second-order valence-electron chi connectivity index (χ2n) is 4.36. The fraction of sp³-hybridized carbons (Fsp3) is 0.133. The third-order valence-corrected chi connectivity index (χ3v) is 3.57. The Morgan fingerprint density at radius 2 is 1.95 bits per heavy atom. The molecule has 0 aliphatic heterocycles. The van der Waals surface area contributed by atoms with Crippen LogP contribution in [0.15, 0.2) is 46.9 Å². The lowest BCUT2D eigenvalue weighted by Crippen LogP contribution is -2.32. The standard InChI is InChI=1S/C15H14BrClN2O2/c1-10-2-7-14(13(16)8-10)19-15(20)18-9-21-12-5-3-11(17)4-6-12/h2-8H,9H2,1H3,(H2,18,19,20). The molecule has 0 aromatic heterocycles. The summed E-state index contributed by atoms with van der Waals surface area (Å²) in [4.78, 5) is 11.7. The number of hydrogen-bond acceptors (Lipinski definition) is 2. The predicted octanol–water partition coefficient (Wildman–Crippen LogP) is 4.57. The molecule has 0 saturated heterocycles. The molecular weight excluding hydrogens is 356 g/mol. The first-order valence-electron chi connectivity index (χ1n) is 6.24. The Morgan fingerprint density at radius 1 is 1.24 bits per heavy atom. The molecule has 0 aliphatic rings. The SMILES string of the molecule is Cc1ccc(NC(=O)NCOc2ccc(Cl)cc2)c(Br)c1. The lowest BCUT2D eigenvalue weighted by Gasteiger charge is -2.11. The van der Waals surface area contributed by atoms with Crippen LogP contribution in [0.25, 0.3) is 0 Å². The van der Waals surface area contributed by atoms with Gasteiger partial charge in [0.05, 0.1) is 5.69 Å². The van der Waals surface area contributed by atoms with E-state index in [0.717, 1.165) is 10.0 Å². The number of hydrogen-bond donors (Lipinski definition) is 2. The molecule has 4 nitrogen and oxygen atoms in total. The number of carbonyl (C=O) groups is 1. The van der Waals surface area contributed by atoms with Gasteiger partial charge in [-0.2, -0.15) is 0 Å². The molecule has 21 heavy (non-hydrogen) atoms. The summed E-state index contributed by atoms with van der Waals surface area (Å²) in [6.07, 6.45) is 0. The van der Waals surface area contributed by atoms with Crippen molar-refractivity contribution in [2.45, 2.75) is 6.92 Å². The minimum absolute atomic E-state index is 0.0664. The summed E-state index contributed by atoms with van der Waals surface area (Å²) >= 11 is 9.17. The lowest BCUT2D eigenvalue weighted by atomic mass is 10.2. The topological polar surface area (TPSA) is 50.4 Å². The fourth-order valence-electron chi connectivity index (χ4n) is 1.60. The lowest BCUT2D eigenvalue weighted by molar-refractivity contribution is 0.234. The summed E-state index contributed by atoms with van der Waals surface area (Å²) in [7, 11) is 0. The van der Waals surface area contributed by atoms with Gasteiger partial charge in [0.25, 0.3) is 0 Å². The van der Waals surface area contributed by atoms with Crippen LogP contribution in [0, 0.1) is 6.92 Å². The Labute approximate surface area is 136 Å². The summed E-state index contributed by atoms with van der Waals surface area (Å²) in [5.74, 6) is 0.635. The summed E-state index contributed by atoms with van der Waals surface area (Å²) < 4.78 is 6.21. The van der Waals surface area contributed by atoms with E-state index in [1.807, 2.05) is 25.1 Å². The van der Waals surface area contributed by atoms with Crippen LogP contribution in [0.4, 0.5) is 10.5 Å². The molecule has 0 unspecified atom stereocenters. The first-order chi connectivity index (χ1) is 10.0. The van der Waals surface area contributed by atoms with Crippen LogP contribution < -0.4 is 15.4 Å². The highest BCUT2D eigenvalue weighted by Crippen LogP contribution is 2.23. The number of rotatable bonds is 4. The number of ether oxygens (including phenoxy) is 1. The van der Waals surface area contributed by atoms with Crippen molar-refractivity contribution < 1.29 is 9.53 Å². The van der Waals surface area contributed by atoms with Crippen LogP contribution in [0.2, 0.25) is 5.02 Å². The maximum atomic E-state index is 11.7. The van der Waals surface area contributed by atoms with E-state index in [4.69, 9.17) is 16.3 Å². The zero-order valence-corrected chi connectivity index (χ0v) is 13.7. The van der Waals surface area contributed by atoms with E-state index >= 15 is 0 Å². The van der Waals surface area contributed by atoms with Crippen LogP contribution >= 0.6 is 27.5 Å². The molecule has 0 fully saturated rings. The van der Waals surface area contributed by atoms with Crippen LogP contribution in [-0.2, 0) is 0 Å². The molecule has 0 aliphatic carbocycles. The number of carbonyl (C=O) groups excluding carboxylic acids is 1. The molecule has 0 saturated carbocycles. The van der Waals surface area contributed by atoms with Gasteiger partial charge in [-0.3, -0.25) is 0 Å². The van der Waals surface area contributed by atoms with Gasteiger partial charge in [-0.15, -0.1) is 0 Å². The minimum atomic E-state index is -0.339. The smallest absolute Gasteiger partial charge is 0.321 e. The first kappa shape index (κ1) is 15.7. The second kappa shape index (κ2) is 7.33. The molecule has 2 aromatic rings. The van der Waals surface area contributed by atoms with Crippen LogP contribution in [-0.4, -0.2) is 12.8 Å². The quantitative estimate of drug-likeness (QED) is 0.776. The van der Waals surface area contributed by atoms with Crippen LogP contribution in [0.5, 0.6) is 5.75 Å². The van der Waals surface area contributed by atoms with Gasteiger partial charge < -0.3 is 15.4 Å². The Balaban J connectivity index is 1.81. The first-order valence-corrected chi connectivity index (χ1v) is 7.41. The van der Waals surface area contributed by atoms with Gasteiger partial charge in [0.2, 0.25) is 0 Å². The van der Waals surface area contributed by atoms with Gasteiger partial charge >= 0.3 is 6.03 Å². The maximum absolute atomic E-state index is 11.7. The molecule has 0 bridgehead atoms. The van der Waals surface area contributed by atoms with Gasteiger partial charge in [-0.1, -0.05) is 17.7 Å². The third-order valence-electron chi connectivity index (χ3n) is 2.66. The van der Waals surface area contributed by atoms with E-state index in [2.05, 4.69) is 26.6 Å². The van der Waals surface area contributed by atoms with Crippen LogP contribution in [0.3, 0.4) is 0 Å². The van der Waals surface area contributed by atoms with E-state index in [1.54, 1.807) is 24.3 Å². The molecule has 0 radical (unpaired) electrons. The highest BCUT2D eigenvalue weighted by atomic mass is 79.9. The monoisotopic (exact) mass is 368 g/mol. The van der Waals surface area contributed by atoms with Crippen molar-refractivity contribution >= 4 is 39.2 Å². The number of amides is 2. The Morgan fingerprint density at radius 3 is 2.62 bits per heavy atom. The summed E-state index contributed by atoms with van der Waals surface area (Å²) in [5.41, 5.74) is 1.81. The number of urea groups is 1. The van der Waals surface area contributed by atoms with E-state index in [0.29, 0.717) is 16.5 Å². The molecule has 0 spiro atoms. The van der Waals surface area contributed by atoms with Gasteiger partial charge in [-0.05, 0) is 64.8 Å². The largest absolute Gasteiger partial charge is 0.473 e. The van der Waals surface area contributed by atoms with Crippen LogP contribution in [0.1, 0.15) is 5.56 Å². The van der Waals surface area contributed by atoms with Crippen molar-refractivity contribution in [1.29, 1.82) is 0 Å².